The second-order valence-electron chi connectivity index (χ2n) is 10.2. The largest absolute Gasteiger partial charge is 0.507 e. The van der Waals surface area contributed by atoms with Crippen LogP contribution >= 0.6 is 0 Å². The van der Waals surface area contributed by atoms with Gasteiger partial charge in [-0.2, -0.15) is 0 Å². The predicted molar refractivity (Wildman–Crippen MR) is 152 cm³/mol. The van der Waals surface area contributed by atoms with Crippen molar-refractivity contribution in [2.45, 2.75) is 38.6 Å². The second-order valence-corrected chi connectivity index (χ2v) is 10.2. The number of Topliss-reactive ketones (excluding diaryl/α,β-unsaturated/α-hetero) is 1. The first-order valence-electron chi connectivity index (χ1n) is 13.3. The predicted octanol–water partition coefficient (Wildman–Crippen LogP) is 7.29. The maximum Gasteiger partial charge on any atom is 0.300 e. The van der Waals surface area contributed by atoms with E-state index in [1.165, 1.54) is 16.0 Å². The second kappa shape index (κ2) is 10.3. The normalized spacial score (nSPS) is 18.2. The maximum absolute atomic E-state index is 13.6. The summed E-state index contributed by atoms with van der Waals surface area (Å²) in [5.41, 5.74) is 5.33. The van der Waals surface area contributed by atoms with E-state index in [1.807, 2.05) is 104 Å². The van der Waals surface area contributed by atoms with Gasteiger partial charge in [-0.15, -0.1) is 0 Å². The van der Waals surface area contributed by atoms with E-state index in [9.17, 15) is 14.7 Å². The summed E-state index contributed by atoms with van der Waals surface area (Å²) in [6.45, 7) is 1.94. The Balaban J connectivity index is 1.50. The summed E-state index contributed by atoms with van der Waals surface area (Å²) in [6.07, 6.45) is 4.21. The van der Waals surface area contributed by atoms with Gasteiger partial charge in [-0.3, -0.25) is 14.5 Å². The summed E-state index contributed by atoms with van der Waals surface area (Å²) in [6, 6.07) is 29.3. The Morgan fingerprint density at radius 2 is 1.54 bits per heavy atom. The highest BCUT2D eigenvalue weighted by Crippen LogP contribution is 2.43. The Labute approximate surface area is 228 Å². The van der Waals surface area contributed by atoms with Crippen LogP contribution < -0.4 is 9.64 Å². The maximum atomic E-state index is 13.6. The highest BCUT2D eigenvalue weighted by atomic mass is 16.5. The third-order valence-electron chi connectivity index (χ3n) is 7.50. The van der Waals surface area contributed by atoms with E-state index in [2.05, 4.69) is 0 Å². The average molecular weight is 516 g/mol. The molecule has 2 aliphatic rings. The lowest BCUT2D eigenvalue weighted by molar-refractivity contribution is -0.132. The topological polar surface area (TPSA) is 66.8 Å². The Bertz CT molecular complexity index is 1600. The molecule has 1 heterocycles. The molecular weight excluding hydrogens is 486 g/mol. The van der Waals surface area contributed by atoms with Crippen molar-refractivity contribution in [1.29, 1.82) is 0 Å². The molecule has 39 heavy (non-hydrogen) atoms. The van der Waals surface area contributed by atoms with Gasteiger partial charge in [0.2, 0.25) is 0 Å². The van der Waals surface area contributed by atoms with Gasteiger partial charge in [-0.1, -0.05) is 54.6 Å². The van der Waals surface area contributed by atoms with E-state index in [-0.39, 0.29) is 11.3 Å². The number of ether oxygens (including phenoxy) is 1. The van der Waals surface area contributed by atoms with Crippen molar-refractivity contribution in [1.82, 2.24) is 0 Å². The van der Waals surface area contributed by atoms with E-state index >= 15 is 0 Å². The minimum atomic E-state index is -0.817. The average Bonchev–Trinajstić information content (AvgIpc) is 3.23. The Morgan fingerprint density at radius 3 is 2.33 bits per heavy atom. The first-order chi connectivity index (χ1) is 19.0. The zero-order valence-corrected chi connectivity index (χ0v) is 21.8. The molecule has 1 aliphatic carbocycles. The number of anilines is 1. The fourth-order valence-corrected chi connectivity index (χ4v) is 5.60. The van der Waals surface area contributed by atoms with Crippen LogP contribution in [0, 0.1) is 6.92 Å². The molecule has 0 bridgehead atoms. The molecule has 6 rings (SSSR count). The van der Waals surface area contributed by atoms with Gasteiger partial charge in [0.25, 0.3) is 11.7 Å². The molecule has 0 saturated carbocycles. The van der Waals surface area contributed by atoms with Gasteiger partial charge in [0.1, 0.15) is 17.3 Å². The molecule has 0 aromatic heterocycles. The van der Waals surface area contributed by atoms with Crippen LogP contribution in [0.1, 0.15) is 46.7 Å². The number of ketones is 1. The van der Waals surface area contributed by atoms with Crippen LogP contribution in [0.3, 0.4) is 0 Å². The van der Waals surface area contributed by atoms with Gasteiger partial charge in [0.05, 0.1) is 11.6 Å². The number of aryl methyl sites for hydroxylation is 3. The fourth-order valence-electron chi connectivity index (χ4n) is 5.60. The number of aliphatic hydroxyl groups is 1. The van der Waals surface area contributed by atoms with E-state index < -0.39 is 17.7 Å². The van der Waals surface area contributed by atoms with Crippen LogP contribution in [0.25, 0.3) is 5.76 Å². The third-order valence-corrected chi connectivity index (χ3v) is 7.50. The molecule has 1 saturated heterocycles. The molecule has 1 aliphatic heterocycles. The van der Waals surface area contributed by atoms with Gasteiger partial charge in [0, 0.05) is 11.3 Å². The van der Waals surface area contributed by atoms with E-state index in [0.717, 1.165) is 31.2 Å². The number of nitrogens with zero attached hydrogens (tertiary/aromatic N) is 1. The van der Waals surface area contributed by atoms with Gasteiger partial charge in [-0.25, -0.2) is 0 Å². The van der Waals surface area contributed by atoms with Crippen molar-refractivity contribution >= 4 is 23.1 Å². The Kier molecular flexibility index (Phi) is 6.49. The van der Waals surface area contributed by atoms with Crippen molar-refractivity contribution in [2.24, 2.45) is 0 Å². The van der Waals surface area contributed by atoms with E-state index in [4.69, 9.17) is 4.74 Å². The van der Waals surface area contributed by atoms with Crippen molar-refractivity contribution in [3.8, 4) is 11.5 Å². The fraction of sp³-hybridized carbons (Fsp3) is 0.176. The highest BCUT2D eigenvalue weighted by molar-refractivity contribution is 6.51. The highest BCUT2D eigenvalue weighted by Gasteiger charge is 2.47. The molecule has 1 atom stereocenters. The number of benzene rings is 4. The Hall–Kier alpha value is -4.64. The van der Waals surface area contributed by atoms with Crippen molar-refractivity contribution in [3.05, 3.63) is 130 Å². The Morgan fingerprint density at radius 1 is 0.795 bits per heavy atom. The SMILES string of the molecule is Cc1cccc(N2C(=O)C(=O)/C(=C(\O)c3ccc4c(c3)CCCC4)C2c2cccc(Oc3ccccc3)c2)c1. The van der Waals surface area contributed by atoms with Crippen LogP contribution in [-0.4, -0.2) is 16.8 Å². The molecule has 1 fully saturated rings. The number of carbonyl (C=O) groups excluding carboxylic acids is 2. The lowest BCUT2D eigenvalue weighted by Crippen LogP contribution is -2.29. The molecule has 4 aromatic rings. The molecule has 1 amide bonds. The summed E-state index contributed by atoms with van der Waals surface area (Å²) in [5, 5.41) is 11.6. The van der Waals surface area contributed by atoms with E-state index in [1.54, 1.807) is 0 Å². The number of hydrogen-bond donors (Lipinski definition) is 1. The number of para-hydroxylation sites is 1. The molecule has 194 valence electrons. The number of fused-ring (bicyclic) bond motifs is 1. The van der Waals surface area contributed by atoms with E-state index in [0.29, 0.717) is 28.3 Å². The summed E-state index contributed by atoms with van der Waals surface area (Å²) in [7, 11) is 0. The standard InChI is InChI=1S/C34H29NO4/c1-22-9-7-13-27(19-22)35-31(25-12-8-16-29(21-25)39-28-14-3-2-4-15-28)30(33(37)34(35)38)32(36)26-18-17-23-10-5-6-11-24(23)20-26/h2-4,7-9,12-21,31,36H,5-6,10-11H2,1H3/b32-30-. The number of rotatable bonds is 5. The summed E-state index contributed by atoms with van der Waals surface area (Å²) in [4.78, 5) is 28.6. The molecule has 1 unspecified atom stereocenters. The minimum Gasteiger partial charge on any atom is -0.507 e. The van der Waals surface area contributed by atoms with Gasteiger partial charge in [0.15, 0.2) is 0 Å². The lowest BCUT2D eigenvalue weighted by Gasteiger charge is -2.26. The van der Waals surface area contributed by atoms with Crippen LogP contribution in [0.5, 0.6) is 11.5 Å². The number of carbonyl (C=O) groups is 2. The molecule has 0 radical (unpaired) electrons. The molecule has 1 N–H and O–H groups in total. The lowest BCUT2D eigenvalue weighted by atomic mass is 9.88. The number of amides is 1. The minimum absolute atomic E-state index is 0.0779. The van der Waals surface area contributed by atoms with Crippen LogP contribution in [0.2, 0.25) is 0 Å². The first kappa shape index (κ1) is 24.7. The monoisotopic (exact) mass is 515 g/mol. The van der Waals surface area contributed by atoms with Crippen molar-refractivity contribution in [3.63, 3.8) is 0 Å². The van der Waals surface area contributed by atoms with Crippen LogP contribution in [0.4, 0.5) is 5.69 Å². The zero-order chi connectivity index (χ0) is 26.9. The molecule has 4 aromatic carbocycles. The first-order valence-corrected chi connectivity index (χ1v) is 13.3. The van der Waals surface area contributed by atoms with Gasteiger partial charge >= 0.3 is 0 Å². The summed E-state index contributed by atoms with van der Waals surface area (Å²) >= 11 is 0. The quantitative estimate of drug-likeness (QED) is 0.172. The van der Waals surface area contributed by atoms with Gasteiger partial charge < -0.3 is 9.84 Å². The zero-order valence-electron chi connectivity index (χ0n) is 21.8. The van der Waals surface area contributed by atoms with Crippen LogP contribution in [0.15, 0.2) is 103 Å². The molecular formula is C34H29NO4. The summed E-state index contributed by atoms with van der Waals surface area (Å²) < 4.78 is 6.07. The van der Waals surface area contributed by atoms with Crippen molar-refractivity contribution in [2.75, 3.05) is 4.90 Å². The molecule has 5 nitrogen and oxygen atoms in total. The molecule has 5 heteroatoms. The van der Waals surface area contributed by atoms with Crippen molar-refractivity contribution < 1.29 is 19.4 Å². The smallest absolute Gasteiger partial charge is 0.300 e. The number of aliphatic hydroxyl groups excluding tert-OH is 1. The summed E-state index contributed by atoms with van der Waals surface area (Å²) in [5.74, 6) is -0.277. The molecule has 0 spiro atoms. The third kappa shape index (κ3) is 4.72. The van der Waals surface area contributed by atoms with Crippen LogP contribution in [-0.2, 0) is 22.4 Å². The number of hydrogen-bond acceptors (Lipinski definition) is 4. The van der Waals surface area contributed by atoms with Gasteiger partial charge in [-0.05, 0) is 97.3 Å².